The summed E-state index contributed by atoms with van der Waals surface area (Å²) < 4.78 is 8.44. The number of aromatic nitrogens is 2. The standard InChI is InChI=1S/C10H11IN2O/c1-6-9(11)10-7(13(6)2)4-5-8(12-10)14-3/h4-5H,1-3H3. The summed E-state index contributed by atoms with van der Waals surface area (Å²) in [6.07, 6.45) is 0. The second kappa shape index (κ2) is 3.42. The van der Waals surface area contributed by atoms with Crippen LogP contribution in [0.5, 0.6) is 5.88 Å². The molecule has 0 aliphatic heterocycles. The Kier molecular flexibility index (Phi) is 2.38. The average molecular weight is 302 g/mol. The number of hydrogen-bond donors (Lipinski definition) is 0. The summed E-state index contributed by atoms with van der Waals surface area (Å²) in [6, 6.07) is 3.92. The number of fused-ring (bicyclic) bond motifs is 1. The normalized spacial score (nSPS) is 10.9. The van der Waals surface area contributed by atoms with E-state index < -0.39 is 0 Å². The first-order valence-electron chi connectivity index (χ1n) is 4.30. The van der Waals surface area contributed by atoms with Crippen molar-refractivity contribution < 1.29 is 4.74 Å². The van der Waals surface area contributed by atoms with E-state index in [1.807, 2.05) is 19.2 Å². The molecule has 0 aliphatic carbocycles. The van der Waals surface area contributed by atoms with Crippen LogP contribution in [0.4, 0.5) is 0 Å². The van der Waals surface area contributed by atoms with E-state index in [-0.39, 0.29) is 0 Å². The smallest absolute Gasteiger partial charge is 0.213 e. The first-order chi connectivity index (χ1) is 6.65. The van der Waals surface area contributed by atoms with Crippen molar-refractivity contribution in [2.45, 2.75) is 6.92 Å². The molecule has 0 radical (unpaired) electrons. The molecular formula is C10H11IN2O. The third-order valence-corrected chi connectivity index (χ3v) is 3.74. The molecule has 0 saturated carbocycles. The molecule has 0 unspecified atom stereocenters. The lowest BCUT2D eigenvalue weighted by atomic mass is 10.4. The van der Waals surface area contributed by atoms with Crippen LogP contribution in [0.25, 0.3) is 11.0 Å². The maximum atomic E-state index is 5.10. The van der Waals surface area contributed by atoms with Gasteiger partial charge in [-0.15, -0.1) is 0 Å². The molecule has 2 heterocycles. The topological polar surface area (TPSA) is 27.1 Å². The van der Waals surface area contributed by atoms with E-state index >= 15 is 0 Å². The van der Waals surface area contributed by atoms with Crippen molar-refractivity contribution in [2.75, 3.05) is 7.11 Å². The van der Waals surface area contributed by atoms with Gasteiger partial charge in [0.2, 0.25) is 5.88 Å². The van der Waals surface area contributed by atoms with Crippen LogP contribution in [0.15, 0.2) is 12.1 Å². The highest BCUT2D eigenvalue weighted by Crippen LogP contribution is 2.26. The third-order valence-electron chi connectivity index (χ3n) is 2.45. The first-order valence-corrected chi connectivity index (χ1v) is 5.38. The zero-order valence-electron chi connectivity index (χ0n) is 8.34. The van der Waals surface area contributed by atoms with Gasteiger partial charge in [0, 0.05) is 18.8 Å². The van der Waals surface area contributed by atoms with Crippen LogP contribution in [0.3, 0.4) is 0 Å². The summed E-state index contributed by atoms with van der Waals surface area (Å²) in [4.78, 5) is 4.42. The fraction of sp³-hybridized carbons (Fsp3) is 0.300. The Morgan fingerprint density at radius 2 is 2.14 bits per heavy atom. The molecule has 3 nitrogen and oxygen atoms in total. The van der Waals surface area contributed by atoms with Gasteiger partial charge in [-0.25, -0.2) is 4.98 Å². The number of methoxy groups -OCH3 is 1. The number of hydrogen-bond acceptors (Lipinski definition) is 2. The summed E-state index contributed by atoms with van der Waals surface area (Å²) in [5.74, 6) is 0.668. The Hall–Kier alpha value is -0.780. The number of pyridine rings is 1. The highest BCUT2D eigenvalue weighted by atomic mass is 127. The van der Waals surface area contributed by atoms with Gasteiger partial charge in [0.25, 0.3) is 0 Å². The van der Waals surface area contributed by atoms with E-state index in [4.69, 9.17) is 4.74 Å². The van der Waals surface area contributed by atoms with Crippen molar-refractivity contribution in [2.24, 2.45) is 7.05 Å². The Labute approximate surface area is 96.2 Å². The van der Waals surface area contributed by atoms with Gasteiger partial charge in [-0.2, -0.15) is 0 Å². The molecule has 4 heteroatoms. The number of nitrogens with zero attached hydrogens (tertiary/aromatic N) is 2. The van der Waals surface area contributed by atoms with E-state index in [1.54, 1.807) is 7.11 Å². The van der Waals surface area contributed by atoms with Gasteiger partial charge in [-0.3, -0.25) is 0 Å². The molecular weight excluding hydrogens is 291 g/mol. The molecule has 0 aliphatic rings. The minimum atomic E-state index is 0.668. The summed E-state index contributed by atoms with van der Waals surface area (Å²) >= 11 is 2.32. The van der Waals surface area contributed by atoms with Crippen LogP contribution in [0, 0.1) is 10.5 Å². The van der Waals surface area contributed by atoms with Gasteiger partial charge in [-0.1, -0.05) is 0 Å². The van der Waals surface area contributed by atoms with Crippen LogP contribution in [0.1, 0.15) is 5.69 Å². The van der Waals surface area contributed by atoms with E-state index in [9.17, 15) is 0 Å². The minimum absolute atomic E-state index is 0.668. The highest BCUT2D eigenvalue weighted by Gasteiger charge is 2.11. The number of aryl methyl sites for hydroxylation is 1. The summed E-state index contributed by atoms with van der Waals surface area (Å²) in [6.45, 7) is 2.09. The van der Waals surface area contributed by atoms with Gasteiger partial charge >= 0.3 is 0 Å². The van der Waals surface area contributed by atoms with Crippen molar-refractivity contribution in [1.82, 2.24) is 9.55 Å². The molecule has 0 N–H and O–H groups in total. The molecule has 0 bridgehead atoms. The Morgan fingerprint density at radius 3 is 2.79 bits per heavy atom. The number of halogens is 1. The van der Waals surface area contributed by atoms with Crippen LogP contribution in [-0.2, 0) is 7.05 Å². The van der Waals surface area contributed by atoms with Gasteiger partial charge in [0.1, 0.15) is 5.52 Å². The van der Waals surface area contributed by atoms with E-state index in [0.29, 0.717) is 5.88 Å². The van der Waals surface area contributed by atoms with Crippen LogP contribution in [0.2, 0.25) is 0 Å². The maximum absolute atomic E-state index is 5.10. The lowest BCUT2D eigenvalue weighted by molar-refractivity contribution is 0.399. The second-order valence-electron chi connectivity index (χ2n) is 3.18. The number of rotatable bonds is 1. The fourth-order valence-corrected chi connectivity index (χ4v) is 2.24. The van der Waals surface area contributed by atoms with Crippen molar-refractivity contribution in [1.29, 1.82) is 0 Å². The van der Waals surface area contributed by atoms with E-state index in [2.05, 4.69) is 39.1 Å². The molecule has 14 heavy (non-hydrogen) atoms. The molecule has 74 valence electrons. The molecule has 0 atom stereocenters. The molecule has 0 fully saturated rings. The summed E-state index contributed by atoms with van der Waals surface area (Å²) in [5, 5.41) is 0. The SMILES string of the molecule is COc1ccc2c(n1)c(I)c(C)n2C. The van der Waals surface area contributed by atoms with E-state index in [0.717, 1.165) is 11.0 Å². The largest absolute Gasteiger partial charge is 0.481 e. The lowest BCUT2D eigenvalue weighted by Gasteiger charge is -1.99. The Morgan fingerprint density at radius 1 is 1.43 bits per heavy atom. The second-order valence-corrected chi connectivity index (χ2v) is 4.26. The van der Waals surface area contributed by atoms with Crippen LogP contribution < -0.4 is 4.74 Å². The van der Waals surface area contributed by atoms with E-state index in [1.165, 1.54) is 9.26 Å². The van der Waals surface area contributed by atoms with Crippen molar-refractivity contribution in [3.63, 3.8) is 0 Å². The van der Waals surface area contributed by atoms with Gasteiger partial charge in [-0.05, 0) is 35.6 Å². The van der Waals surface area contributed by atoms with Crippen molar-refractivity contribution in [3.8, 4) is 5.88 Å². The first kappa shape index (κ1) is 9.76. The predicted octanol–water partition coefficient (Wildman–Crippen LogP) is 2.49. The molecule has 0 saturated heterocycles. The molecule has 2 aromatic heterocycles. The van der Waals surface area contributed by atoms with Gasteiger partial charge in [0.15, 0.2) is 0 Å². The maximum Gasteiger partial charge on any atom is 0.213 e. The molecule has 2 aromatic rings. The van der Waals surface area contributed by atoms with Crippen molar-refractivity contribution in [3.05, 3.63) is 21.4 Å². The lowest BCUT2D eigenvalue weighted by Crippen LogP contribution is -1.90. The minimum Gasteiger partial charge on any atom is -0.481 e. The summed E-state index contributed by atoms with van der Waals surface area (Å²) in [7, 11) is 3.69. The highest BCUT2D eigenvalue weighted by molar-refractivity contribution is 14.1. The quantitative estimate of drug-likeness (QED) is 0.757. The molecule has 0 spiro atoms. The zero-order valence-corrected chi connectivity index (χ0v) is 10.5. The zero-order chi connectivity index (χ0) is 10.3. The Bertz CT molecular complexity index is 490. The Balaban J connectivity index is 2.82. The van der Waals surface area contributed by atoms with Crippen LogP contribution in [-0.4, -0.2) is 16.7 Å². The summed E-state index contributed by atoms with van der Waals surface area (Å²) in [5.41, 5.74) is 3.40. The van der Waals surface area contributed by atoms with Crippen molar-refractivity contribution >= 4 is 33.6 Å². The number of ether oxygens (including phenoxy) is 1. The molecule has 0 aromatic carbocycles. The third kappa shape index (κ3) is 1.28. The fourth-order valence-electron chi connectivity index (χ4n) is 1.48. The average Bonchev–Trinajstić information content (AvgIpc) is 2.44. The van der Waals surface area contributed by atoms with Gasteiger partial charge < -0.3 is 9.30 Å². The molecule has 2 rings (SSSR count). The molecule has 0 amide bonds. The monoisotopic (exact) mass is 302 g/mol. The predicted molar refractivity (Wildman–Crippen MR) is 64.7 cm³/mol. The van der Waals surface area contributed by atoms with Crippen LogP contribution >= 0.6 is 22.6 Å². The van der Waals surface area contributed by atoms with Gasteiger partial charge in [0.05, 0.1) is 16.2 Å².